The van der Waals surface area contributed by atoms with Crippen LogP contribution < -0.4 is 0 Å². The van der Waals surface area contributed by atoms with E-state index in [-0.39, 0.29) is 0 Å². The first kappa shape index (κ1) is 15.2. The quantitative estimate of drug-likeness (QED) is 0.634. The van der Waals surface area contributed by atoms with Crippen LogP contribution in [0.2, 0.25) is 0 Å². The second kappa shape index (κ2) is 7.54. The molecule has 0 spiro atoms. The van der Waals surface area contributed by atoms with Crippen LogP contribution in [0.5, 0.6) is 0 Å². The minimum absolute atomic E-state index is 0.535. The molecule has 0 N–H and O–H groups in total. The lowest BCUT2D eigenvalue weighted by Crippen LogP contribution is -2.34. The first-order valence-corrected chi connectivity index (χ1v) is 8.03. The molecule has 0 aliphatic heterocycles. The van der Waals surface area contributed by atoms with Crippen molar-refractivity contribution in [3.8, 4) is 0 Å². The highest BCUT2D eigenvalue weighted by Gasteiger charge is 2.25. The van der Waals surface area contributed by atoms with Gasteiger partial charge in [0.2, 0.25) is 10.0 Å². The summed E-state index contributed by atoms with van der Waals surface area (Å²) in [6.07, 6.45) is 11.4. The van der Waals surface area contributed by atoms with Gasteiger partial charge in [0.1, 0.15) is 0 Å². The maximum absolute atomic E-state index is 12.5. The van der Waals surface area contributed by atoms with Crippen molar-refractivity contribution in [2.45, 2.75) is 39.0 Å². The Kier molecular flexibility index (Phi) is 6.36. The Hall–Kier alpha value is -0.870. The van der Waals surface area contributed by atoms with Crippen LogP contribution in [0.1, 0.15) is 39.0 Å². The molecule has 0 bridgehead atoms. The molecule has 0 radical (unpaired) electrons. The largest absolute Gasteiger partial charge is 0.239 e. The highest BCUT2D eigenvalue weighted by molar-refractivity contribution is 7.93. The van der Waals surface area contributed by atoms with Crippen LogP contribution in [0, 0.1) is 0 Å². The molecule has 0 aromatic rings. The van der Waals surface area contributed by atoms with Gasteiger partial charge >= 0.3 is 0 Å². The van der Waals surface area contributed by atoms with Crippen LogP contribution in [0.15, 0.2) is 35.8 Å². The zero-order valence-electron chi connectivity index (χ0n) is 11.1. The van der Waals surface area contributed by atoms with Gasteiger partial charge < -0.3 is 0 Å². The molecule has 0 saturated carbocycles. The molecular formula is C14H23NO2S. The van der Waals surface area contributed by atoms with Gasteiger partial charge in [-0.05, 0) is 31.8 Å². The predicted octanol–water partition coefficient (Wildman–Crippen LogP) is 3.23. The van der Waals surface area contributed by atoms with Gasteiger partial charge in [0, 0.05) is 13.1 Å². The summed E-state index contributed by atoms with van der Waals surface area (Å²) in [5.41, 5.74) is 0. The summed E-state index contributed by atoms with van der Waals surface area (Å²) in [5, 5.41) is 0. The van der Waals surface area contributed by atoms with Crippen molar-refractivity contribution in [1.82, 2.24) is 4.31 Å². The van der Waals surface area contributed by atoms with E-state index in [1.165, 1.54) is 0 Å². The minimum atomic E-state index is -3.27. The summed E-state index contributed by atoms with van der Waals surface area (Å²) < 4.78 is 26.6. The molecule has 1 aliphatic carbocycles. The van der Waals surface area contributed by atoms with Gasteiger partial charge in [0.15, 0.2) is 0 Å². The van der Waals surface area contributed by atoms with Crippen LogP contribution in [0.4, 0.5) is 0 Å². The average Bonchev–Trinajstić information content (AvgIpc) is 2.39. The molecule has 0 aromatic carbocycles. The van der Waals surface area contributed by atoms with Crippen molar-refractivity contribution < 1.29 is 8.42 Å². The van der Waals surface area contributed by atoms with Crippen molar-refractivity contribution in [2.75, 3.05) is 13.1 Å². The van der Waals surface area contributed by atoms with E-state index in [0.29, 0.717) is 30.8 Å². The first-order valence-electron chi connectivity index (χ1n) is 6.59. The van der Waals surface area contributed by atoms with Crippen LogP contribution in [0.3, 0.4) is 0 Å². The molecule has 0 saturated heterocycles. The van der Waals surface area contributed by atoms with E-state index >= 15 is 0 Å². The van der Waals surface area contributed by atoms with Crippen LogP contribution in [-0.2, 0) is 10.0 Å². The van der Waals surface area contributed by atoms with E-state index in [1.807, 2.05) is 12.2 Å². The lowest BCUT2D eigenvalue weighted by molar-refractivity contribution is 0.411. The molecule has 0 unspecified atom stereocenters. The van der Waals surface area contributed by atoms with Gasteiger partial charge in [-0.25, -0.2) is 8.42 Å². The number of unbranched alkanes of at least 4 members (excludes halogenated alkanes) is 1. The fraction of sp³-hybridized carbons (Fsp3) is 0.571. The third kappa shape index (κ3) is 4.10. The smallest absolute Gasteiger partial charge is 0.207 e. The Bertz CT molecular complexity index is 421. The Morgan fingerprint density at radius 1 is 1.44 bits per heavy atom. The van der Waals surface area contributed by atoms with Crippen molar-refractivity contribution in [3.63, 3.8) is 0 Å². The van der Waals surface area contributed by atoms with Gasteiger partial charge in [-0.15, -0.1) is 6.58 Å². The maximum Gasteiger partial charge on any atom is 0.239 e. The number of hydrogen-bond donors (Lipinski definition) is 0. The van der Waals surface area contributed by atoms with Gasteiger partial charge in [-0.3, -0.25) is 0 Å². The summed E-state index contributed by atoms with van der Waals surface area (Å²) >= 11 is 0. The third-order valence-electron chi connectivity index (χ3n) is 2.99. The fourth-order valence-corrected chi connectivity index (χ4v) is 3.56. The topological polar surface area (TPSA) is 37.4 Å². The van der Waals surface area contributed by atoms with E-state index in [4.69, 9.17) is 0 Å². The normalized spacial score (nSPS) is 15.8. The van der Waals surface area contributed by atoms with E-state index in [9.17, 15) is 8.42 Å². The molecular weight excluding hydrogens is 246 g/mol. The van der Waals surface area contributed by atoms with Crippen molar-refractivity contribution >= 4 is 10.0 Å². The summed E-state index contributed by atoms with van der Waals surface area (Å²) in [6, 6.07) is 0. The van der Waals surface area contributed by atoms with E-state index in [1.54, 1.807) is 16.5 Å². The zero-order valence-corrected chi connectivity index (χ0v) is 12.0. The molecule has 4 heteroatoms. The summed E-state index contributed by atoms with van der Waals surface area (Å²) in [5.74, 6) is 0. The minimum Gasteiger partial charge on any atom is -0.207 e. The van der Waals surface area contributed by atoms with Crippen molar-refractivity contribution in [2.24, 2.45) is 0 Å². The molecule has 0 aromatic heterocycles. The standard InChI is InChI=1S/C14H23NO2S/c1-3-5-12-15(13-6-4-2)18(16,17)14-10-8-7-9-11-14/h3,7-8,10H,1,4-6,9,11-13H2,2H3. The number of hydrogen-bond acceptors (Lipinski definition) is 2. The predicted molar refractivity (Wildman–Crippen MR) is 76.7 cm³/mol. The lowest BCUT2D eigenvalue weighted by atomic mass is 10.2. The fourth-order valence-electron chi connectivity index (χ4n) is 1.88. The highest BCUT2D eigenvalue weighted by Crippen LogP contribution is 2.22. The molecule has 1 rings (SSSR count). The zero-order chi connectivity index (χ0) is 13.4. The van der Waals surface area contributed by atoms with Gasteiger partial charge in [0.25, 0.3) is 0 Å². The monoisotopic (exact) mass is 269 g/mol. The van der Waals surface area contributed by atoms with Gasteiger partial charge in [0.05, 0.1) is 4.91 Å². The third-order valence-corrected chi connectivity index (χ3v) is 5.04. The number of nitrogens with zero attached hydrogens (tertiary/aromatic N) is 1. The molecule has 0 fully saturated rings. The molecule has 0 atom stereocenters. The Morgan fingerprint density at radius 2 is 2.22 bits per heavy atom. The van der Waals surface area contributed by atoms with Crippen molar-refractivity contribution in [3.05, 3.63) is 35.8 Å². The van der Waals surface area contributed by atoms with Crippen LogP contribution in [0.25, 0.3) is 0 Å². The molecule has 102 valence electrons. The molecule has 1 aliphatic rings. The number of rotatable bonds is 8. The first-order chi connectivity index (χ1) is 8.62. The Labute approximate surface area is 111 Å². The molecule has 18 heavy (non-hydrogen) atoms. The Balaban J connectivity index is 2.83. The molecule has 0 heterocycles. The second-order valence-electron chi connectivity index (χ2n) is 4.43. The summed E-state index contributed by atoms with van der Waals surface area (Å²) in [6.45, 7) is 6.87. The second-order valence-corrected chi connectivity index (χ2v) is 6.43. The van der Waals surface area contributed by atoms with E-state index < -0.39 is 10.0 Å². The number of sulfonamides is 1. The van der Waals surface area contributed by atoms with Crippen LogP contribution in [-0.4, -0.2) is 25.8 Å². The molecule has 3 nitrogen and oxygen atoms in total. The van der Waals surface area contributed by atoms with E-state index in [2.05, 4.69) is 13.5 Å². The summed E-state index contributed by atoms with van der Waals surface area (Å²) in [4.78, 5) is 0.546. The highest BCUT2D eigenvalue weighted by atomic mass is 32.2. The maximum atomic E-state index is 12.5. The van der Waals surface area contributed by atoms with E-state index in [0.717, 1.165) is 19.3 Å². The average molecular weight is 269 g/mol. The number of allylic oxidation sites excluding steroid dienone is 4. The lowest BCUT2D eigenvalue weighted by Gasteiger charge is -2.23. The van der Waals surface area contributed by atoms with Gasteiger partial charge in [-0.2, -0.15) is 4.31 Å². The van der Waals surface area contributed by atoms with Crippen LogP contribution >= 0.6 is 0 Å². The SMILES string of the molecule is C=CCCN(CCCC)S(=O)(=O)C1=CC=CCC1. The summed E-state index contributed by atoms with van der Waals surface area (Å²) in [7, 11) is -3.27. The Morgan fingerprint density at radius 3 is 2.78 bits per heavy atom. The molecule has 0 amide bonds. The van der Waals surface area contributed by atoms with Crippen molar-refractivity contribution in [1.29, 1.82) is 0 Å². The van der Waals surface area contributed by atoms with Gasteiger partial charge in [-0.1, -0.05) is 31.6 Å².